The number of carboxylic acid groups (broad SMARTS) is 1. The Morgan fingerprint density at radius 1 is 1.30 bits per heavy atom. The van der Waals surface area contributed by atoms with Crippen molar-refractivity contribution in [3.63, 3.8) is 0 Å². The van der Waals surface area contributed by atoms with E-state index in [4.69, 9.17) is 9.84 Å². The number of rotatable bonds is 8. The van der Waals surface area contributed by atoms with E-state index in [2.05, 4.69) is 5.32 Å². The van der Waals surface area contributed by atoms with Gasteiger partial charge in [0.1, 0.15) is 0 Å². The Morgan fingerprint density at radius 2 is 1.95 bits per heavy atom. The Balaban J connectivity index is 2.77. The minimum absolute atomic E-state index is 0.0391. The number of carboxylic acids is 1. The Labute approximate surface area is 118 Å². The van der Waals surface area contributed by atoms with Crippen LogP contribution in [0.2, 0.25) is 0 Å². The van der Waals surface area contributed by atoms with E-state index in [-0.39, 0.29) is 18.4 Å². The molecule has 0 aliphatic carbocycles. The second-order valence-corrected chi connectivity index (χ2v) is 4.74. The summed E-state index contributed by atoms with van der Waals surface area (Å²) in [5.41, 5.74) is 2.12. The molecule has 1 rings (SSSR count). The number of carbonyl (C=O) groups excluding carboxylic acids is 1. The molecule has 1 aromatic rings. The predicted octanol–water partition coefficient (Wildman–Crippen LogP) is 1.75. The van der Waals surface area contributed by atoms with Gasteiger partial charge < -0.3 is 15.2 Å². The minimum atomic E-state index is -0.856. The predicted molar refractivity (Wildman–Crippen MR) is 75.3 cm³/mol. The first kappa shape index (κ1) is 16.2. The highest BCUT2D eigenvalue weighted by Gasteiger charge is 2.14. The lowest BCUT2D eigenvalue weighted by atomic mass is 9.97. The number of methoxy groups -OCH3 is 1. The van der Waals surface area contributed by atoms with Crippen LogP contribution < -0.4 is 5.32 Å². The number of carbonyl (C=O) groups is 2. The van der Waals surface area contributed by atoms with Gasteiger partial charge in [-0.25, -0.2) is 0 Å². The van der Waals surface area contributed by atoms with Crippen molar-refractivity contribution < 1.29 is 19.4 Å². The summed E-state index contributed by atoms with van der Waals surface area (Å²) in [6.45, 7) is 1.94. The quantitative estimate of drug-likeness (QED) is 0.760. The molecule has 2 N–H and O–H groups in total. The normalized spacial score (nSPS) is 11.9. The fraction of sp³-hybridized carbons (Fsp3) is 0.467. The lowest BCUT2D eigenvalue weighted by molar-refractivity contribution is -0.137. The zero-order chi connectivity index (χ0) is 15.0. The van der Waals surface area contributed by atoms with Crippen LogP contribution in [0, 0.1) is 0 Å². The van der Waals surface area contributed by atoms with Crippen LogP contribution in [0.15, 0.2) is 24.3 Å². The standard InChI is InChI=1S/C15H21NO4/c1-11(17)16-14(7-8-15(18)19)9-12-5-3-4-6-13(12)10-20-2/h3-6,14H,7-10H2,1-2H3,(H,16,17)(H,18,19). The van der Waals surface area contributed by atoms with Crippen LogP contribution >= 0.6 is 0 Å². The summed E-state index contributed by atoms with van der Waals surface area (Å²) in [5.74, 6) is -1.00. The van der Waals surface area contributed by atoms with Gasteiger partial charge in [-0.15, -0.1) is 0 Å². The van der Waals surface area contributed by atoms with Crippen molar-refractivity contribution in [3.8, 4) is 0 Å². The summed E-state index contributed by atoms with van der Waals surface area (Å²) in [6, 6.07) is 7.63. The smallest absolute Gasteiger partial charge is 0.303 e. The summed E-state index contributed by atoms with van der Waals surface area (Å²) in [7, 11) is 1.63. The molecular weight excluding hydrogens is 258 g/mol. The fourth-order valence-electron chi connectivity index (χ4n) is 2.13. The maximum Gasteiger partial charge on any atom is 0.303 e. The molecule has 1 amide bonds. The first-order valence-corrected chi connectivity index (χ1v) is 6.57. The molecule has 5 nitrogen and oxygen atoms in total. The number of hydrogen-bond donors (Lipinski definition) is 2. The second-order valence-electron chi connectivity index (χ2n) is 4.74. The average Bonchev–Trinajstić information content (AvgIpc) is 2.38. The largest absolute Gasteiger partial charge is 0.481 e. The third-order valence-corrected chi connectivity index (χ3v) is 3.00. The van der Waals surface area contributed by atoms with Crippen molar-refractivity contribution in [2.45, 2.75) is 38.8 Å². The molecule has 110 valence electrons. The highest BCUT2D eigenvalue weighted by Crippen LogP contribution is 2.14. The van der Waals surface area contributed by atoms with Gasteiger partial charge in [0.2, 0.25) is 5.91 Å². The van der Waals surface area contributed by atoms with Crippen LogP contribution in [0.25, 0.3) is 0 Å². The molecule has 0 heterocycles. The molecule has 20 heavy (non-hydrogen) atoms. The van der Waals surface area contributed by atoms with Gasteiger partial charge in [-0.2, -0.15) is 0 Å². The first-order valence-electron chi connectivity index (χ1n) is 6.57. The summed E-state index contributed by atoms with van der Waals surface area (Å²) in [4.78, 5) is 21.9. The van der Waals surface area contributed by atoms with Crippen molar-refractivity contribution in [3.05, 3.63) is 35.4 Å². The molecule has 0 spiro atoms. The first-order chi connectivity index (χ1) is 9.52. The second kappa shape index (κ2) is 8.32. The van der Waals surface area contributed by atoms with E-state index in [1.807, 2.05) is 24.3 Å². The molecule has 5 heteroatoms. The summed E-state index contributed by atoms with van der Waals surface area (Å²) >= 11 is 0. The molecule has 1 aromatic carbocycles. The van der Waals surface area contributed by atoms with Gasteiger partial charge in [0.05, 0.1) is 6.61 Å². The van der Waals surface area contributed by atoms with Gasteiger partial charge >= 0.3 is 5.97 Å². The highest BCUT2D eigenvalue weighted by atomic mass is 16.5. The number of hydrogen-bond acceptors (Lipinski definition) is 3. The third-order valence-electron chi connectivity index (χ3n) is 3.00. The Kier molecular flexibility index (Phi) is 6.73. The average molecular weight is 279 g/mol. The van der Waals surface area contributed by atoms with Crippen LogP contribution in [0.3, 0.4) is 0 Å². The molecule has 0 bridgehead atoms. The summed E-state index contributed by atoms with van der Waals surface area (Å²) in [6.07, 6.45) is 1.06. The monoisotopic (exact) mass is 279 g/mol. The SMILES string of the molecule is COCc1ccccc1CC(CCC(=O)O)NC(C)=O. The molecule has 0 saturated heterocycles. The van der Waals surface area contributed by atoms with Gasteiger partial charge in [0, 0.05) is 26.5 Å². The van der Waals surface area contributed by atoms with Crippen LogP contribution in [0.4, 0.5) is 0 Å². The minimum Gasteiger partial charge on any atom is -0.481 e. The Hall–Kier alpha value is -1.88. The van der Waals surface area contributed by atoms with E-state index in [0.29, 0.717) is 19.4 Å². The topological polar surface area (TPSA) is 75.6 Å². The van der Waals surface area contributed by atoms with E-state index in [9.17, 15) is 9.59 Å². The molecule has 0 saturated carbocycles. The zero-order valence-electron chi connectivity index (χ0n) is 11.9. The number of nitrogens with one attached hydrogen (secondary N) is 1. The van der Waals surface area contributed by atoms with Crippen molar-refractivity contribution in [1.82, 2.24) is 5.32 Å². The molecule has 1 unspecified atom stereocenters. The van der Waals surface area contributed by atoms with Crippen LogP contribution in [-0.2, 0) is 27.4 Å². The third kappa shape index (κ3) is 5.84. The molecule has 0 aliphatic rings. The maximum absolute atomic E-state index is 11.2. The van der Waals surface area contributed by atoms with E-state index in [1.165, 1.54) is 6.92 Å². The molecule has 1 atom stereocenters. The van der Waals surface area contributed by atoms with Crippen LogP contribution in [0.1, 0.15) is 30.9 Å². The lowest BCUT2D eigenvalue weighted by Crippen LogP contribution is -2.35. The molecule has 0 aromatic heterocycles. The van der Waals surface area contributed by atoms with Gasteiger partial charge in [0.15, 0.2) is 0 Å². The Bertz CT molecular complexity index is 459. The highest BCUT2D eigenvalue weighted by molar-refractivity contribution is 5.73. The number of amides is 1. The summed E-state index contributed by atoms with van der Waals surface area (Å²) in [5, 5.41) is 11.6. The van der Waals surface area contributed by atoms with Gasteiger partial charge in [-0.05, 0) is 24.0 Å². The van der Waals surface area contributed by atoms with Crippen molar-refractivity contribution >= 4 is 11.9 Å². The van der Waals surface area contributed by atoms with Gasteiger partial charge in [-0.1, -0.05) is 24.3 Å². The van der Waals surface area contributed by atoms with Crippen molar-refractivity contribution in [2.75, 3.05) is 7.11 Å². The fourth-order valence-corrected chi connectivity index (χ4v) is 2.13. The molecule has 0 radical (unpaired) electrons. The van der Waals surface area contributed by atoms with E-state index < -0.39 is 5.97 Å². The van der Waals surface area contributed by atoms with Crippen LogP contribution in [-0.4, -0.2) is 30.1 Å². The lowest BCUT2D eigenvalue weighted by Gasteiger charge is -2.19. The van der Waals surface area contributed by atoms with E-state index in [1.54, 1.807) is 7.11 Å². The number of ether oxygens (including phenoxy) is 1. The van der Waals surface area contributed by atoms with E-state index in [0.717, 1.165) is 11.1 Å². The summed E-state index contributed by atoms with van der Waals surface area (Å²) < 4.78 is 5.15. The maximum atomic E-state index is 11.2. The number of benzene rings is 1. The van der Waals surface area contributed by atoms with Crippen molar-refractivity contribution in [2.24, 2.45) is 0 Å². The number of aliphatic carboxylic acids is 1. The van der Waals surface area contributed by atoms with Gasteiger partial charge in [0.25, 0.3) is 0 Å². The van der Waals surface area contributed by atoms with Crippen LogP contribution in [0.5, 0.6) is 0 Å². The van der Waals surface area contributed by atoms with E-state index >= 15 is 0 Å². The molecular formula is C15H21NO4. The van der Waals surface area contributed by atoms with Gasteiger partial charge in [-0.3, -0.25) is 9.59 Å². The molecule has 0 fully saturated rings. The molecule has 0 aliphatic heterocycles. The zero-order valence-corrected chi connectivity index (χ0v) is 11.9. The Morgan fingerprint density at radius 3 is 2.50 bits per heavy atom. The van der Waals surface area contributed by atoms with Crippen molar-refractivity contribution in [1.29, 1.82) is 0 Å².